The predicted molar refractivity (Wildman–Crippen MR) is 412 cm³/mol. The summed E-state index contributed by atoms with van der Waals surface area (Å²) in [4.78, 5) is 237. The van der Waals surface area contributed by atoms with E-state index in [1.807, 2.05) is 0 Å². The summed E-state index contributed by atoms with van der Waals surface area (Å²) in [5, 5.41) is 106. The van der Waals surface area contributed by atoms with E-state index in [9.17, 15) is 112 Å². The molecular formula is C73H108N20O24. The number of para-hydroxylation sites is 1. The van der Waals surface area contributed by atoms with Crippen LogP contribution < -0.4 is 91.2 Å². The molecule has 644 valence electrons. The normalized spacial score (nSPS) is 15.3. The Bertz CT molecular complexity index is 4090. The number of nitrogens with two attached hydrogens (primary N) is 2. The predicted octanol–water partition coefficient (Wildman–Crippen LogP) is -8.71. The summed E-state index contributed by atoms with van der Waals surface area (Å²) in [6.45, 7) is 6.34. The third-order valence-corrected chi connectivity index (χ3v) is 18.3. The average Bonchev–Trinajstić information content (AvgIpc) is 1.74. The van der Waals surface area contributed by atoms with Crippen molar-refractivity contribution in [2.75, 3.05) is 39.4 Å². The number of phenolic OH excluding ortho intramolecular Hbond substituents is 1. The number of nitrogens with zero attached hydrogens (tertiary/aromatic N) is 1. The van der Waals surface area contributed by atoms with Crippen molar-refractivity contribution >= 4 is 111 Å². The van der Waals surface area contributed by atoms with Crippen LogP contribution in [0.4, 0.5) is 0 Å². The number of carbonyl (C=O) groups is 17. The zero-order valence-electron chi connectivity index (χ0n) is 65.7. The number of nitrogens with one attached hydrogen (secondary N) is 17. The Morgan fingerprint density at radius 3 is 1.52 bits per heavy atom. The van der Waals surface area contributed by atoms with Crippen LogP contribution in [0.5, 0.6) is 5.75 Å². The van der Waals surface area contributed by atoms with Crippen LogP contribution in [0.25, 0.3) is 10.9 Å². The van der Waals surface area contributed by atoms with Crippen molar-refractivity contribution < 1.29 is 117 Å². The molecule has 4 rings (SSSR count). The van der Waals surface area contributed by atoms with Gasteiger partial charge in [0.2, 0.25) is 88.6 Å². The molecule has 0 radical (unpaired) electrons. The van der Waals surface area contributed by atoms with Gasteiger partial charge in [-0.15, -0.1) is 0 Å². The van der Waals surface area contributed by atoms with Crippen LogP contribution in [-0.4, -0.2) is 281 Å². The van der Waals surface area contributed by atoms with Gasteiger partial charge in [0.1, 0.15) is 84.8 Å². The lowest BCUT2D eigenvalue weighted by Crippen LogP contribution is -2.62. The van der Waals surface area contributed by atoms with Gasteiger partial charge in [0.25, 0.3) is 0 Å². The molecule has 4 aromatic rings. The molecule has 2 heterocycles. The summed E-state index contributed by atoms with van der Waals surface area (Å²) in [5.41, 5.74) is 13.5. The topological polar surface area (TPSA) is 709 Å². The largest absolute Gasteiger partial charge is 0.508 e. The maximum Gasteiger partial charge on any atom is 0.322 e. The number of aromatic nitrogens is 3. The van der Waals surface area contributed by atoms with Gasteiger partial charge in [-0.2, -0.15) is 0 Å². The summed E-state index contributed by atoms with van der Waals surface area (Å²) in [5.74, 6) is -20.3. The summed E-state index contributed by atoms with van der Waals surface area (Å²) >= 11 is 0. The average molecular weight is 1650 g/mol. The van der Waals surface area contributed by atoms with Crippen molar-refractivity contribution in [2.24, 2.45) is 23.3 Å². The summed E-state index contributed by atoms with van der Waals surface area (Å²) < 4.78 is 0. The standard InChI is InChI=1S/C73H108N20O24/c1-9-35(4)58(91-63(107)45(75)24-42-27-76-33-81-42)72(116)88-50(25-55(101)102)67(111)92-59(38(7)96)70(114)79-28-53(99)78-29-54(100)84-51(31-94)68(112)93-60(39(8)97)73(117)87-49(23-41-26-77-46-15-11-10-14-44(41)46)66(110)86-48(22-40-17-19-43(98)20-18-40)65(109)83-36(5)61(105)82-37(6)62(106)89-52(32-95)69(113)90-57(34(2)3)71(115)85-47(16-12-13-21-74)64(108)80-30-56(103)104/h10-11,14-15,17-20,26-27,33-39,45,47-52,57-60,77,94-98H,9,12-13,16,21-25,28-32,74-75H2,1-8H3,(H,76,81)(H,78,99)(H,79,114)(H,80,108)(H,82,105)(H,83,109)(H,84,100)(H,85,115)(H,86,110)(H,87,117)(H,88,116)(H,89,106)(H,90,113)(H,91,107)(H,92,111)(H,93,112)(H,101,102)(H,103,104)/t35-,36-,37-,38+,39+,45-,47-,48-,49-,50-,51-,52-,57-,58-,59-,60-/m0/s1. The number of aliphatic carboxylic acids is 2. The smallest absolute Gasteiger partial charge is 0.322 e. The van der Waals surface area contributed by atoms with Crippen molar-refractivity contribution in [3.63, 3.8) is 0 Å². The zero-order chi connectivity index (χ0) is 87.5. The van der Waals surface area contributed by atoms with E-state index in [1.165, 1.54) is 56.8 Å². The fourth-order valence-electron chi connectivity index (χ4n) is 11.3. The first-order chi connectivity index (χ1) is 55.2. The van der Waals surface area contributed by atoms with Crippen molar-refractivity contribution in [3.05, 3.63) is 84.1 Å². The molecule has 0 saturated heterocycles. The maximum atomic E-state index is 14.8. The summed E-state index contributed by atoms with van der Waals surface area (Å²) in [7, 11) is 0. The molecule has 0 aliphatic carbocycles. The van der Waals surface area contributed by atoms with Crippen molar-refractivity contribution in [3.8, 4) is 5.75 Å². The number of aliphatic hydroxyl groups excluding tert-OH is 4. The number of aromatic amines is 2. The number of amides is 15. The highest BCUT2D eigenvalue weighted by Gasteiger charge is 2.39. The number of carbonyl (C=O) groups excluding carboxylic acids is 15. The fourth-order valence-corrected chi connectivity index (χ4v) is 11.3. The first kappa shape index (κ1) is 97.1. The van der Waals surface area contributed by atoms with E-state index in [-0.39, 0.29) is 38.0 Å². The van der Waals surface area contributed by atoms with Gasteiger partial charge in [-0.05, 0) is 94.7 Å². The molecule has 2 aromatic carbocycles. The molecule has 0 unspecified atom stereocenters. The van der Waals surface area contributed by atoms with Gasteiger partial charge >= 0.3 is 11.9 Å². The molecule has 0 aliphatic heterocycles. The maximum absolute atomic E-state index is 14.8. The Labute approximate surface area is 671 Å². The molecule has 0 aliphatic rings. The van der Waals surface area contributed by atoms with E-state index >= 15 is 0 Å². The van der Waals surface area contributed by atoms with E-state index < -0.39 is 242 Å². The van der Waals surface area contributed by atoms with Crippen LogP contribution in [0.2, 0.25) is 0 Å². The van der Waals surface area contributed by atoms with Gasteiger partial charge in [0.15, 0.2) is 0 Å². The fraction of sp³-hybridized carbons (Fsp3) is 0.534. The number of phenols is 1. The Kier molecular flexibility index (Phi) is 40.0. The first-order valence-corrected chi connectivity index (χ1v) is 37.5. The molecular weight excluding hydrogens is 1540 g/mol. The molecule has 0 saturated carbocycles. The van der Waals surface area contributed by atoms with Gasteiger partial charge in [0.05, 0.1) is 57.3 Å². The number of fused-ring (bicyclic) bond motifs is 1. The van der Waals surface area contributed by atoms with Gasteiger partial charge in [-0.25, -0.2) is 4.98 Å². The van der Waals surface area contributed by atoms with Gasteiger partial charge in [-0.3, -0.25) is 81.5 Å². The Morgan fingerprint density at radius 1 is 0.462 bits per heavy atom. The first-order valence-electron chi connectivity index (χ1n) is 37.5. The number of hydrogen-bond acceptors (Lipinski definition) is 25. The van der Waals surface area contributed by atoms with Crippen LogP contribution in [0.3, 0.4) is 0 Å². The van der Waals surface area contributed by atoms with E-state index in [4.69, 9.17) is 16.6 Å². The van der Waals surface area contributed by atoms with Crippen LogP contribution >= 0.6 is 0 Å². The second-order valence-electron chi connectivity index (χ2n) is 28.1. The second kappa shape index (κ2) is 48.2. The minimum absolute atomic E-state index is 0.00526. The monoisotopic (exact) mass is 1650 g/mol. The Morgan fingerprint density at radius 2 is 0.949 bits per heavy atom. The molecule has 15 amide bonds. The number of aromatic hydroxyl groups is 1. The van der Waals surface area contributed by atoms with E-state index in [1.54, 1.807) is 52.0 Å². The second-order valence-corrected chi connectivity index (χ2v) is 28.1. The van der Waals surface area contributed by atoms with E-state index in [2.05, 4.69) is 94.7 Å². The Balaban J connectivity index is 1.44. The lowest BCUT2D eigenvalue weighted by Gasteiger charge is -2.28. The summed E-state index contributed by atoms with van der Waals surface area (Å²) in [6.07, 6.45) is 0.234. The number of carboxylic acids is 2. The van der Waals surface area contributed by atoms with E-state index in [0.717, 1.165) is 13.8 Å². The quantitative estimate of drug-likeness (QED) is 0.0183. The number of hydrogen-bond donors (Lipinski definition) is 26. The number of H-pyrrole nitrogens is 2. The van der Waals surface area contributed by atoms with Crippen LogP contribution in [0.1, 0.15) is 104 Å². The third kappa shape index (κ3) is 32.2. The van der Waals surface area contributed by atoms with E-state index in [0.29, 0.717) is 47.0 Å². The highest BCUT2D eigenvalue weighted by Crippen LogP contribution is 2.21. The lowest BCUT2D eigenvalue weighted by molar-refractivity contribution is -0.142. The number of carboxylic acid groups (broad SMARTS) is 2. The highest BCUT2D eigenvalue weighted by atomic mass is 16.4. The molecule has 117 heavy (non-hydrogen) atoms. The Hall–Kier alpha value is -12.3. The molecule has 44 nitrogen and oxygen atoms in total. The number of unbranched alkanes of at least 4 members (excludes halogenated alkanes) is 1. The minimum Gasteiger partial charge on any atom is -0.508 e. The molecule has 0 fully saturated rings. The van der Waals surface area contributed by atoms with Gasteiger partial charge in [-0.1, -0.05) is 64.4 Å². The molecule has 0 bridgehead atoms. The zero-order valence-corrected chi connectivity index (χ0v) is 65.7. The molecule has 44 heteroatoms. The summed E-state index contributed by atoms with van der Waals surface area (Å²) in [6, 6.07) is -8.74. The number of rotatable bonds is 50. The van der Waals surface area contributed by atoms with Gasteiger partial charge < -0.3 is 137 Å². The number of benzene rings is 2. The van der Waals surface area contributed by atoms with Gasteiger partial charge in [0, 0.05) is 48.3 Å². The van der Waals surface area contributed by atoms with Crippen LogP contribution in [0, 0.1) is 11.8 Å². The lowest BCUT2D eigenvalue weighted by atomic mass is 9.97. The third-order valence-electron chi connectivity index (χ3n) is 18.3. The minimum atomic E-state index is -1.98. The van der Waals surface area contributed by atoms with Crippen molar-refractivity contribution in [1.29, 1.82) is 0 Å². The number of aliphatic hydroxyl groups is 4. The molecule has 2 aromatic heterocycles. The highest BCUT2D eigenvalue weighted by molar-refractivity contribution is 6.01. The van der Waals surface area contributed by atoms with Crippen molar-refractivity contribution in [1.82, 2.24) is 94.7 Å². The number of imidazole rings is 1. The molecule has 16 atom stereocenters. The molecule has 0 spiro atoms. The SMILES string of the molecule is CC[C@H](C)[C@H](NC(=O)[C@@H](N)Cc1cnc[nH]1)C(=O)N[C@@H](CC(=O)O)C(=O)N[C@H](C(=O)NCC(=O)NCC(=O)N[C@@H](CO)C(=O)N[C@H](C(=O)N[C@@H](Cc1c[nH]c2ccccc12)C(=O)N[C@@H](Cc1ccc(O)cc1)C(=O)N[C@@H](C)C(=O)N[C@@H](C)C(=O)N[C@@H](CO)C(=O)N[C@H](C(=O)N[C@@H](CCCCN)C(=O)NCC(=O)O)C(C)C)[C@@H](C)O)[C@@H](C)O. The van der Waals surface area contributed by atoms with Crippen molar-refractivity contribution in [2.45, 2.75) is 198 Å². The van der Waals surface area contributed by atoms with Crippen LogP contribution in [-0.2, 0) is 101 Å². The molecule has 28 N–H and O–H groups in total. The van der Waals surface area contributed by atoms with Crippen LogP contribution in [0.15, 0.2) is 67.3 Å².